The van der Waals surface area contributed by atoms with Crippen LogP contribution < -0.4 is 9.47 Å². The molecule has 1 N–H and O–H groups in total. The molecule has 1 aromatic rings. The van der Waals surface area contributed by atoms with Crippen molar-refractivity contribution in [2.24, 2.45) is 5.41 Å². The van der Waals surface area contributed by atoms with E-state index in [1.165, 1.54) is 0 Å². The number of carboxylic acid groups (broad SMARTS) is 1. The first-order valence-electron chi connectivity index (χ1n) is 7.10. The number of nitrogens with zero attached hydrogens (tertiary/aromatic N) is 1. The second-order valence-corrected chi connectivity index (χ2v) is 5.87. The minimum absolute atomic E-state index is 0.0798. The maximum atomic E-state index is 11.4. The molecule has 0 spiro atoms. The molecule has 5 heteroatoms. The molecule has 1 saturated heterocycles. The first-order valence-corrected chi connectivity index (χ1v) is 7.10. The molecule has 2 unspecified atom stereocenters. The first kappa shape index (κ1) is 15.6. The van der Waals surface area contributed by atoms with Crippen LogP contribution in [0.15, 0.2) is 18.2 Å². The van der Waals surface area contributed by atoms with Crippen LogP contribution in [0.3, 0.4) is 0 Å². The number of ether oxygens (including phenoxy) is 2. The smallest absolute Gasteiger partial charge is 0.310 e. The molecule has 21 heavy (non-hydrogen) atoms. The lowest BCUT2D eigenvalue weighted by atomic mass is 9.90. The molecule has 1 aliphatic heterocycles. The van der Waals surface area contributed by atoms with Crippen LogP contribution in [0.5, 0.6) is 11.5 Å². The van der Waals surface area contributed by atoms with Crippen LogP contribution in [-0.2, 0) is 4.79 Å². The van der Waals surface area contributed by atoms with Gasteiger partial charge in [0.1, 0.15) is 11.5 Å². The van der Waals surface area contributed by atoms with Crippen LogP contribution >= 0.6 is 0 Å². The SMILES string of the molecule is COc1ccc(OC)c(C(C)N2CCC(C)(C(=O)O)C2)c1. The molecule has 1 aliphatic rings. The summed E-state index contributed by atoms with van der Waals surface area (Å²) in [6, 6.07) is 5.79. The Hall–Kier alpha value is -1.75. The molecule has 0 bridgehead atoms. The number of benzene rings is 1. The van der Waals surface area contributed by atoms with E-state index in [4.69, 9.17) is 9.47 Å². The van der Waals surface area contributed by atoms with E-state index < -0.39 is 11.4 Å². The summed E-state index contributed by atoms with van der Waals surface area (Å²) in [6.45, 7) is 5.20. The second-order valence-electron chi connectivity index (χ2n) is 5.87. The van der Waals surface area contributed by atoms with Gasteiger partial charge in [-0.15, -0.1) is 0 Å². The van der Waals surface area contributed by atoms with Gasteiger partial charge in [0, 0.05) is 18.2 Å². The third-order valence-corrected chi connectivity index (χ3v) is 4.45. The highest BCUT2D eigenvalue weighted by molar-refractivity contribution is 5.74. The van der Waals surface area contributed by atoms with Crippen molar-refractivity contribution in [3.8, 4) is 11.5 Å². The number of carboxylic acids is 1. The van der Waals surface area contributed by atoms with Gasteiger partial charge in [0.2, 0.25) is 0 Å². The van der Waals surface area contributed by atoms with E-state index in [9.17, 15) is 9.90 Å². The first-order chi connectivity index (χ1) is 9.91. The summed E-state index contributed by atoms with van der Waals surface area (Å²) >= 11 is 0. The highest BCUT2D eigenvalue weighted by Gasteiger charge is 2.42. The number of aliphatic carboxylic acids is 1. The van der Waals surface area contributed by atoms with Crippen LogP contribution in [0.4, 0.5) is 0 Å². The van der Waals surface area contributed by atoms with Crippen molar-refractivity contribution in [1.29, 1.82) is 0 Å². The van der Waals surface area contributed by atoms with Crippen molar-refractivity contribution in [1.82, 2.24) is 4.90 Å². The van der Waals surface area contributed by atoms with Gasteiger partial charge >= 0.3 is 5.97 Å². The number of carbonyl (C=O) groups is 1. The van der Waals surface area contributed by atoms with E-state index in [0.717, 1.165) is 23.6 Å². The van der Waals surface area contributed by atoms with Gasteiger partial charge in [-0.25, -0.2) is 0 Å². The Bertz CT molecular complexity index is 531. The summed E-state index contributed by atoms with van der Waals surface area (Å²) in [7, 11) is 3.27. The fourth-order valence-electron chi connectivity index (χ4n) is 2.86. The molecule has 1 aromatic carbocycles. The fraction of sp³-hybridized carbons (Fsp3) is 0.562. The molecule has 1 heterocycles. The van der Waals surface area contributed by atoms with Crippen LogP contribution in [0.25, 0.3) is 0 Å². The van der Waals surface area contributed by atoms with Gasteiger partial charge in [-0.3, -0.25) is 9.69 Å². The summed E-state index contributed by atoms with van der Waals surface area (Å²) in [5.74, 6) is 0.847. The largest absolute Gasteiger partial charge is 0.497 e. The quantitative estimate of drug-likeness (QED) is 0.904. The lowest BCUT2D eigenvalue weighted by Crippen LogP contribution is -2.33. The lowest BCUT2D eigenvalue weighted by Gasteiger charge is -2.27. The van der Waals surface area contributed by atoms with Crippen molar-refractivity contribution in [3.63, 3.8) is 0 Å². The Morgan fingerprint density at radius 1 is 1.38 bits per heavy atom. The molecule has 2 atom stereocenters. The average Bonchev–Trinajstić information content (AvgIpc) is 2.89. The molecular formula is C16H23NO4. The fourth-order valence-corrected chi connectivity index (χ4v) is 2.86. The second kappa shape index (κ2) is 5.93. The summed E-state index contributed by atoms with van der Waals surface area (Å²) in [4.78, 5) is 13.6. The van der Waals surface area contributed by atoms with Crippen molar-refractivity contribution in [2.45, 2.75) is 26.3 Å². The minimum Gasteiger partial charge on any atom is -0.497 e. The van der Waals surface area contributed by atoms with Gasteiger partial charge in [0.05, 0.1) is 19.6 Å². The maximum absolute atomic E-state index is 11.4. The molecule has 0 saturated carbocycles. The standard InChI is InChI=1S/C16H23NO4/c1-11(17-8-7-16(2,10-17)15(18)19)13-9-12(20-3)5-6-14(13)21-4/h5-6,9,11H,7-8,10H2,1-4H3,(H,18,19). The lowest BCUT2D eigenvalue weighted by molar-refractivity contribution is -0.147. The van der Waals surface area contributed by atoms with E-state index in [1.807, 2.05) is 25.1 Å². The van der Waals surface area contributed by atoms with E-state index in [0.29, 0.717) is 13.0 Å². The summed E-state index contributed by atoms with van der Waals surface area (Å²) in [5.41, 5.74) is 0.354. The monoisotopic (exact) mass is 293 g/mol. The molecule has 0 amide bonds. The molecular weight excluding hydrogens is 270 g/mol. The van der Waals surface area contributed by atoms with Gasteiger partial charge in [-0.1, -0.05) is 0 Å². The Morgan fingerprint density at radius 2 is 2.10 bits per heavy atom. The van der Waals surface area contributed by atoms with Crippen molar-refractivity contribution < 1.29 is 19.4 Å². The topological polar surface area (TPSA) is 59.0 Å². The molecule has 1 fully saturated rings. The maximum Gasteiger partial charge on any atom is 0.310 e. The molecule has 2 rings (SSSR count). The van der Waals surface area contributed by atoms with Crippen LogP contribution in [-0.4, -0.2) is 43.3 Å². The molecule has 0 aliphatic carbocycles. The van der Waals surface area contributed by atoms with Crippen LogP contribution in [0.2, 0.25) is 0 Å². The summed E-state index contributed by atoms with van der Waals surface area (Å²) < 4.78 is 10.7. The Labute approximate surface area is 125 Å². The Morgan fingerprint density at radius 3 is 2.62 bits per heavy atom. The minimum atomic E-state index is -0.727. The normalized spacial score (nSPS) is 23.8. The van der Waals surface area contributed by atoms with Crippen molar-refractivity contribution in [2.75, 3.05) is 27.3 Å². The molecule has 0 radical (unpaired) electrons. The van der Waals surface area contributed by atoms with Gasteiger partial charge in [-0.2, -0.15) is 0 Å². The molecule has 0 aromatic heterocycles. The number of rotatable bonds is 5. The summed E-state index contributed by atoms with van der Waals surface area (Å²) in [6.07, 6.45) is 0.666. The van der Waals surface area contributed by atoms with E-state index in [-0.39, 0.29) is 6.04 Å². The van der Waals surface area contributed by atoms with Crippen LogP contribution in [0, 0.1) is 5.41 Å². The average molecular weight is 293 g/mol. The summed E-state index contributed by atoms with van der Waals surface area (Å²) in [5, 5.41) is 9.35. The zero-order valence-corrected chi connectivity index (χ0v) is 13.0. The highest BCUT2D eigenvalue weighted by atomic mass is 16.5. The van der Waals surface area contributed by atoms with Gasteiger partial charge in [0.25, 0.3) is 0 Å². The van der Waals surface area contributed by atoms with Crippen molar-refractivity contribution >= 4 is 5.97 Å². The number of likely N-dealkylation sites (tertiary alicyclic amines) is 1. The van der Waals surface area contributed by atoms with Gasteiger partial charge in [0.15, 0.2) is 0 Å². The Balaban J connectivity index is 2.24. The molecule has 5 nitrogen and oxygen atoms in total. The number of hydrogen-bond donors (Lipinski definition) is 1. The van der Waals surface area contributed by atoms with E-state index in [1.54, 1.807) is 14.2 Å². The predicted molar refractivity (Wildman–Crippen MR) is 79.9 cm³/mol. The third-order valence-electron chi connectivity index (χ3n) is 4.45. The zero-order valence-electron chi connectivity index (χ0n) is 13.0. The van der Waals surface area contributed by atoms with Crippen molar-refractivity contribution in [3.05, 3.63) is 23.8 Å². The zero-order chi connectivity index (χ0) is 15.6. The third kappa shape index (κ3) is 2.97. The van der Waals surface area contributed by atoms with E-state index in [2.05, 4.69) is 11.8 Å². The number of hydrogen-bond acceptors (Lipinski definition) is 4. The van der Waals surface area contributed by atoms with Gasteiger partial charge in [-0.05, 0) is 45.0 Å². The van der Waals surface area contributed by atoms with Gasteiger partial charge < -0.3 is 14.6 Å². The predicted octanol–water partition coefficient (Wildman–Crippen LogP) is 2.56. The van der Waals surface area contributed by atoms with E-state index >= 15 is 0 Å². The Kier molecular flexibility index (Phi) is 4.42. The number of methoxy groups -OCH3 is 2. The highest BCUT2D eigenvalue weighted by Crippen LogP contribution is 2.38. The molecule has 116 valence electrons. The van der Waals surface area contributed by atoms with Crippen LogP contribution in [0.1, 0.15) is 31.9 Å².